The minimum Gasteiger partial charge on any atom is -0.207 e. The summed E-state index contributed by atoms with van der Waals surface area (Å²) in [5.41, 5.74) is -0.475. The summed E-state index contributed by atoms with van der Waals surface area (Å²) in [6.07, 6.45) is -4.81. The number of hydrogen-bond acceptors (Lipinski definition) is 3. The Balaban J connectivity index is 2.48. The van der Waals surface area contributed by atoms with Crippen LogP contribution in [0.3, 0.4) is 0 Å². The molecule has 4 nitrogen and oxygen atoms in total. The summed E-state index contributed by atoms with van der Waals surface area (Å²) in [5.74, 6) is 0. The molecule has 0 radical (unpaired) electrons. The first kappa shape index (κ1) is 20.2. The van der Waals surface area contributed by atoms with Crippen LogP contribution in [-0.4, -0.2) is 19.3 Å². The topological polar surface area (TPSA) is 61.2 Å². The average Bonchev–Trinajstić information content (AvgIpc) is 2.58. The maximum absolute atomic E-state index is 12.9. The predicted molar refractivity (Wildman–Crippen MR) is 90.7 cm³/mol. The SMILES string of the molecule is N#CCCN(Cc1ccccc1)S(=O)(=O)c1cc(C(F)(F)F)ccc1Cl. The van der Waals surface area contributed by atoms with Crippen molar-refractivity contribution in [2.75, 3.05) is 6.54 Å². The smallest absolute Gasteiger partial charge is 0.207 e. The van der Waals surface area contributed by atoms with Crippen molar-refractivity contribution < 1.29 is 21.6 Å². The number of alkyl halides is 3. The summed E-state index contributed by atoms with van der Waals surface area (Å²) in [6, 6.07) is 12.5. The second-order valence-corrected chi connectivity index (χ2v) is 7.69. The quantitative estimate of drug-likeness (QED) is 0.716. The van der Waals surface area contributed by atoms with Crippen molar-refractivity contribution >= 4 is 21.6 Å². The lowest BCUT2D eigenvalue weighted by Gasteiger charge is -2.22. The molecule has 2 aromatic rings. The van der Waals surface area contributed by atoms with Crippen LogP contribution in [0.1, 0.15) is 17.5 Å². The number of halogens is 4. The highest BCUT2D eigenvalue weighted by Crippen LogP contribution is 2.34. The van der Waals surface area contributed by atoms with Gasteiger partial charge >= 0.3 is 6.18 Å². The Morgan fingerprint density at radius 2 is 1.77 bits per heavy atom. The zero-order chi connectivity index (χ0) is 19.4. The molecule has 0 aliphatic carbocycles. The zero-order valence-electron chi connectivity index (χ0n) is 13.4. The molecule has 0 heterocycles. The molecule has 0 amide bonds. The van der Waals surface area contributed by atoms with Crippen molar-refractivity contribution in [3.8, 4) is 6.07 Å². The van der Waals surface area contributed by atoms with Gasteiger partial charge in [-0.2, -0.15) is 22.7 Å². The van der Waals surface area contributed by atoms with Gasteiger partial charge in [-0.15, -0.1) is 0 Å². The molecule has 0 bridgehead atoms. The first-order valence-electron chi connectivity index (χ1n) is 7.44. The van der Waals surface area contributed by atoms with Gasteiger partial charge < -0.3 is 0 Å². The van der Waals surface area contributed by atoms with Crippen molar-refractivity contribution in [2.24, 2.45) is 0 Å². The Bertz CT molecular complexity index is 910. The van der Waals surface area contributed by atoms with E-state index in [1.807, 2.05) is 6.07 Å². The molecule has 0 unspecified atom stereocenters. The largest absolute Gasteiger partial charge is 0.416 e. The molecular weight excluding hydrogens is 389 g/mol. The Hall–Kier alpha value is -2.08. The summed E-state index contributed by atoms with van der Waals surface area (Å²) < 4.78 is 65.6. The maximum Gasteiger partial charge on any atom is 0.416 e. The number of sulfonamides is 1. The summed E-state index contributed by atoms with van der Waals surface area (Å²) in [4.78, 5) is -0.636. The molecule has 0 fully saturated rings. The maximum atomic E-state index is 12.9. The normalized spacial score (nSPS) is 12.2. The van der Waals surface area contributed by atoms with Crippen LogP contribution in [0, 0.1) is 11.3 Å². The molecule has 0 atom stereocenters. The van der Waals surface area contributed by atoms with Crippen LogP contribution >= 0.6 is 11.6 Å². The average molecular weight is 403 g/mol. The molecule has 0 aliphatic rings. The van der Waals surface area contributed by atoms with Crippen LogP contribution in [0.5, 0.6) is 0 Å². The van der Waals surface area contributed by atoms with E-state index in [-0.39, 0.29) is 24.5 Å². The van der Waals surface area contributed by atoms with Gasteiger partial charge in [0.25, 0.3) is 0 Å². The van der Waals surface area contributed by atoms with Gasteiger partial charge in [0.1, 0.15) is 4.90 Å². The van der Waals surface area contributed by atoms with Gasteiger partial charge in [0.05, 0.1) is 16.7 Å². The molecule has 2 rings (SSSR count). The highest BCUT2D eigenvalue weighted by Gasteiger charge is 2.34. The van der Waals surface area contributed by atoms with E-state index in [2.05, 4.69) is 0 Å². The third-order valence-corrected chi connectivity index (χ3v) is 5.88. The minimum atomic E-state index is -4.70. The van der Waals surface area contributed by atoms with E-state index in [0.717, 1.165) is 16.4 Å². The molecule has 2 aromatic carbocycles. The van der Waals surface area contributed by atoms with Gasteiger partial charge in [-0.1, -0.05) is 41.9 Å². The van der Waals surface area contributed by atoms with Gasteiger partial charge in [0, 0.05) is 19.5 Å². The molecular formula is C17H14ClF3N2O2S. The predicted octanol–water partition coefficient (Wildman–Crippen LogP) is 4.46. The van der Waals surface area contributed by atoms with Crippen molar-refractivity contribution in [2.45, 2.75) is 24.0 Å². The van der Waals surface area contributed by atoms with Crippen molar-refractivity contribution in [1.82, 2.24) is 4.31 Å². The fraction of sp³-hybridized carbons (Fsp3) is 0.235. The van der Waals surface area contributed by atoms with Crippen LogP contribution in [0.2, 0.25) is 5.02 Å². The standard InChI is InChI=1S/C17H14ClF3N2O2S/c18-15-8-7-14(17(19,20)21)11-16(15)26(24,25)23(10-4-9-22)12-13-5-2-1-3-6-13/h1-3,5-8,11H,4,10,12H2. The Kier molecular flexibility index (Phi) is 6.29. The molecule has 0 N–H and O–H groups in total. The van der Waals surface area contributed by atoms with Gasteiger partial charge in [-0.25, -0.2) is 8.42 Å². The molecule has 0 aliphatic heterocycles. The lowest BCUT2D eigenvalue weighted by molar-refractivity contribution is -0.137. The van der Waals surface area contributed by atoms with Crippen LogP contribution in [-0.2, 0) is 22.7 Å². The second kappa shape index (κ2) is 8.08. The van der Waals surface area contributed by atoms with Gasteiger partial charge in [-0.05, 0) is 23.8 Å². The van der Waals surface area contributed by atoms with Gasteiger partial charge in [-0.3, -0.25) is 0 Å². The monoisotopic (exact) mass is 402 g/mol. The number of rotatable bonds is 6. The van der Waals surface area contributed by atoms with Crippen LogP contribution in [0.25, 0.3) is 0 Å². The van der Waals surface area contributed by atoms with E-state index in [1.165, 1.54) is 0 Å². The van der Waals surface area contributed by atoms with Crippen molar-refractivity contribution in [1.29, 1.82) is 5.26 Å². The first-order chi connectivity index (χ1) is 12.2. The van der Waals surface area contributed by atoms with Gasteiger partial charge in [0.2, 0.25) is 10.0 Å². The van der Waals surface area contributed by atoms with E-state index in [4.69, 9.17) is 16.9 Å². The van der Waals surface area contributed by atoms with Crippen LogP contribution in [0.15, 0.2) is 53.4 Å². The molecule has 0 saturated heterocycles. The molecule has 9 heteroatoms. The number of benzene rings is 2. The van der Waals surface area contributed by atoms with Crippen LogP contribution < -0.4 is 0 Å². The van der Waals surface area contributed by atoms with Crippen molar-refractivity contribution in [3.63, 3.8) is 0 Å². The van der Waals surface area contributed by atoms with E-state index in [1.54, 1.807) is 30.3 Å². The third-order valence-electron chi connectivity index (χ3n) is 3.55. The lowest BCUT2D eigenvalue weighted by Crippen LogP contribution is -2.32. The summed E-state index contributed by atoms with van der Waals surface area (Å²) >= 11 is 5.87. The molecule has 0 saturated carbocycles. The van der Waals surface area contributed by atoms with Gasteiger partial charge in [0.15, 0.2) is 0 Å². The number of nitrogens with zero attached hydrogens (tertiary/aromatic N) is 2. The van der Waals surface area contributed by atoms with E-state index in [9.17, 15) is 21.6 Å². The molecule has 0 spiro atoms. The lowest BCUT2D eigenvalue weighted by atomic mass is 10.2. The summed E-state index contributed by atoms with van der Waals surface area (Å²) in [5, 5.41) is 8.46. The van der Waals surface area contributed by atoms with Crippen LogP contribution in [0.4, 0.5) is 13.2 Å². The molecule has 138 valence electrons. The van der Waals surface area contributed by atoms with E-state index >= 15 is 0 Å². The summed E-state index contributed by atoms with van der Waals surface area (Å²) in [6.45, 7) is -0.252. The number of nitriles is 1. The second-order valence-electron chi connectivity index (χ2n) is 5.38. The van der Waals surface area contributed by atoms with E-state index in [0.29, 0.717) is 11.6 Å². The first-order valence-corrected chi connectivity index (χ1v) is 9.26. The molecule has 0 aromatic heterocycles. The zero-order valence-corrected chi connectivity index (χ0v) is 14.9. The highest BCUT2D eigenvalue weighted by molar-refractivity contribution is 7.89. The third kappa shape index (κ3) is 4.75. The number of hydrogen-bond donors (Lipinski definition) is 0. The fourth-order valence-corrected chi connectivity index (χ4v) is 4.19. The molecule has 26 heavy (non-hydrogen) atoms. The van der Waals surface area contributed by atoms with E-state index < -0.39 is 26.7 Å². The Morgan fingerprint density at radius 1 is 1.12 bits per heavy atom. The Labute approximate surface area is 154 Å². The fourth-order valence-electron chi connectivity index (χ4n) is 2.26. The highest BCUT2D eigenvalue weighted by atomic mass is 35.5. The Morgan fingerprint density at radius 3 is 2.35 bits per heavy atom. The minimum absolute atomic E-state index is 0.0859. The summed E-state index contributed by atoms with van der Waals surface area (Å²) in [7, 11) is -4.33. The van der Waals surface area contributed by atoms with Crippen molar-refractivity contribution in [3.05, 3.63) is 64.7 Å².